The third-order valence-electron chi connectivity index (χ3n) is 3.04. The van der Waals surface area contributed by atoms with Crippen molar-refractivity contribution in [2.75, 3.05) is 57.6 Å². The van der Waals surface area contributed by atoms with Crippen LogP contribution in [0, 0.1) is 0 Å². The minimum absolute atomic E-state index is 0.453. The predicted molar refractivity (Wildman–Crippen MR) is 88.0 cm³/mol. The Morgan fingerprint density at radius 3 is 2.52 bits per heavy atom. The number of nitrogens with zero attached hydrogens (tertiary/aromatic N) is 4. The molecule has 0 aliphatic carbocycles. The lowest BCUT2D eigenvalue weighted by Crippen LogP contribution is -2.24. The normalized spacial score (nSPS) is 11.0. The average molecular weight is 295 g/mol. The lowest BCUT2D eigenvalue weighted by atomic mass is 10.3. The van der Waals surface area contributed by atoms with E-state index in [4.69, 9.17) is 4.74 Å². The minimum atomic E-state index is 0.453. The zero-order chi connectivity index (χ0) is 15.7. The van der Waals surface area contributed by atoms with Crippen LogP contribution >= 0.6 is 0 Å². The van der Waals surface area contributed by atoms with Gasteiger partial charge in [-0.2, -0.15) is 0 Å². The Labute approximate surface area is 128 Å². The van der Waals surface area contributed by atoms with Crippen molar-refractivity contribution < 1.29 is 4.74 Å². The van der Waals surface area contributed by atoms with E-state index in [9.17, 15) is 0 Å². The first kappa shape index (κ1) is 17.7. The van der Waals surface area contributed by atoms with Crippen molar-refractivity contribution in [2.24, 2.45) is 0 Å². The third kappa shape index (κ3) is 6.73. The molecule has 0 amide bonds. The van der Waals surface area contributed by atoms with E-state index >= 15 is 0 Å². The molecule has 0 fully saturated rings. The summed E-state index contributed by atoms with van der Waals surface area (Å²) in [7, 11) is 6.25. The summed E-state index contributed by atoms with van der Waals surface area (Å²) >= 11 is 0. The van der Waals surface area contributed by atoms with E-state index in [1.54, 1.807) is 0 Å². The van der Waals surface area contributed by atoms with Crippen LogP contribution in [-0.4, -0.2) is 62.3 Å². The van der Waals surface area contributed by atoms with E-state index in [-0.39, 0.29) is 0 Å². The Hall–Kier alpha value is -1.40. The second kappa shape index (κ2) is 9.52. The van der Waals surface area contributed by atoms with Crippen LogP contribution in [0.2, 0.25) is 0 Å². The maximum Gasteiger partial charge on any atom is 0.158 e. The molecule has 1 rings (SSSR count). The molecular formula is C15H29N5O. The van der Waals surface area contributed by atoms with Gasteiger partial charge in [0.15, 0.2) is 5.82 Å². The topological polar surface area (TPSA) is 53.5 Å². The van der Waals surface area contributed by atoms with Crippen LogP contribution in [0.25, 0.3) is 0 Å². The molecule has 6 heteroatoms. The van der Waals surface area contributed by atoms with Gasteiger partial charge >= 0.3 is 0 Å². The van der Waals surface area contributed by atoms with E-state index in [0.717, 1.165) is 43.5 Å². The highest BCUT2D eigenvalue weighted by Crippen LogP contribution is 2.15. The highest BCUT2D eigenvalue weighted by atomic mass is 16.5. The molecule has 0 radical (unpaired) electrons. The third-order valence-corrected chi connectivity index (χ3v) is 3.04. The van der Waals surface area contributed by atoms with Crippen LogP contribution in [0.15, 0.2) is 6.07 Å². The van der Waals surface area contributed by atoms with Crippen molar-refractivity contribution in [2.45, 2.75) is 26.9 Å². The molecule has 0 spiro atoms. The molecule has 0 aliphatic rings. The number of ether oxygens (including phenoxy) is 1. The summed E-state index contributed by atoms with van der Waals surface area (Å²) in [5, 5.41) is 3.25. The largest absolute Gasteiger partial charge is 0.374 e. The van der Waals surface area contributed by atoms with E-state index in [0.29, 0.717) is 13.2 Å². The van der Waals surface area contributed by atoms with Gasteiger partial charge in [-0.3, -0.25) is 0 Å². The summed E-state index contributed by atoms with van der Waals surface area (Å²) in [4.78, 5) is 13.4. The van der Waals surface area contributed by atoms with Gasteiger partial charge in [0, 0.05) is 32.8 Å². The number of hydrogen-bond acceptors (Lipinski definition) is 6. The van der Waals surface area contributed by atoms with Gasteiger partial charge in [0.2, 0.25) is 0 Å². The summed E-state index contributed by atoms with van der Waals surface area (Å²) in [5.74, 6) is 2.52. The zero-order valence-corrected chi connectivity index (χ0v) is 14.0. The molecular weight excluding hydrogens is 266 g/mol. The number of anilines is 2. The summed E-state index contributed by atoms with van der Waals surface area (Å²) in [6.45, 7) is 8.04. The summed E-state index contributed by atoms with van der Waals surface area (Å²) in [6, 6.07) is 1.99. The molecule has 0 aromatic carbocycles. The summed E-state index contributed by atoms with van der Waals surface area (Å²) < 4.78 is 5.42. The number of nitrogens with one attached hydrogen (secondary N) is 1. The maximum atomic E-state index is 5.42. The van der Waals surface area contributed by atoms with Crippen molar-refractivity contribution in [3.63, 3.8) is 0 Å². The van der Waals surface area contributed by atoms with Gasteiger partial charge in [-0.25, -0.2) is 9.97 Å². The standard InChI is InChI=1S/C15H29N5O/c1-6-16-13-11-15(18-14(17-13)12-21-7-2)20(5)10-8-9-19(3)4/h11H,6-10,12H2,1-5H3,(H,16,17,18). The fourth-order valence-corrected chi connectivity index (χ4v) is 1.95. The highest BCUT2D eigenvalue weighted by molar-refractivity contribution is 5.48. The molecule has 0 unspecified atom stereocenters. The number of aromatic nitrogens is 2. The first-order valence-corrected chi connectivity index (χ1v) is 7.62. The molecule has 1 aromatic rings. The quantitative estimate of drug-likeness (QED) is 0.711. The fourth-order valence-electron chi connectivity index (χ4n) is 1.95. The van der Waals surface area contributed by atoms with E-state index in [1.165, 1.54) is 0 Å². The van der Waals surface area contributed by atoms with Crippen LogP contribution in [0.3, 0.4) is 0 Å². The van der Waals surface area contributed by atoms with Crippen molar-refractivity contribution >= 4 is 11.6 Å². The fraction of sp³-hybridized carbons (Fsp3) is 0.733. The van der Waals surface area contributed by atoms with E-state index in [1.807, 2.05) is 13.0 Å². The molecule has 1 heterocycles. The molecule has 0 aliphatic heterocycles. The first-order chi connectivity index (χ1) is 10.1. The second-order valence-corrected chi connectivity index (χ2v) is 5.27. The van der Waals surface area contributed by atoms with Crippen LogP contribution in [0.4, 0.5) is 11.6 Å². The Bertz CT molecular complexity index is 411. The van der Waals surface area contributed by atoms with E-state index in [2.05, 4.69) is 53.2 Å². The number of rotatable bonds is 10. The highest BCUT2D eigenvalue weighted by Gasteiger charge is 2.08. The number of hydrogen-bond donors (Lipinski definition) is 1. The smallest absolute Gasteiger partial charge is 0.158 e. The lowest BCUT2D eigenvalue weighted by molar-refractivity contribution is 0.128. The van der Waals surface area contributed by atoms with Crippen molar-refractivity contribution in [1.82, 2.24) is 14.9 Å². The Balaban J connectivity index is 2.75. The summed E-state index contributed by atoms with van der Waals surface area (Å²) in [5.41, 5.74) is 0. The SMILES string of the molecule is CCNc1cc(N(C)CCCN(C)C)nc(COCC)n1. The molecule has 120 valence electrons. The first-order valence-electron chi connectivity index (χ1n) is 7.62. The molecule has 0 bridgehead atoms. The van der Waals surface area contributed by atoms with Gasteiger partial charge in [-0.05, 0) is 40.9 Å². The van der Waals surface area contributed by atoms with Gasteiger partial charge < -0.3 is 19.9 Å². The second-order valence-electron chi connectivity index (χ2n) is 5.27. The van der Waals surface area contributed by atoms with Crippen LogP contribution in [0.1, 0.15) is 26.1 Å². The van der Waals surface area contributed by atoms with Gasteiger partial charge in [0.05, 0.1) is 0 Å². The van der Waals surface area contributed by atoms with Crippen LogP contribution < -0.4 is 10.2 Å². The van der Waals surface area contributed by atoms with Gasteiger partial charge in [0.25, 0.3) is 0 Å². The Kier molecular flexibility index (Phi) is 8.00. The zero-order valence-electron chi connectivity index (χ0n) is 14.0. The van der Waals surface area contributed by atoms with Gasteiger partial charge in [0.1, 0.15) is 18.2 Å². The molecule has 1 N–H and O–H groups in total. The lowest BCUT2D eigenvalue weighted by Gasteiger charge is -2.20. The maximum absolute atomic E-state index is 5.42. The van der Waals surface area contributed by atoms with Crippen molar-refractivity contribution in [3.8, 4) is 0 Å². The van der Waals surface area contributed by atoms with Gasteiger partial charge in [-0.1, -0.05) is 0 Å². The predicted octanol–water partition coefficient (Wildman–Crippen LogP) is 1.83. The molecule has 6 nitrogen and oxygen atoms in total. The van der Waals surface area contributed by atoms with Crippen molar-refractivity contribution in [1.29, 1.82) is 0 Å². The minimum Gasteiger partial charge on any atom is -0.374 e. The molecule has 0 saturated carbocycles. The average Bonchev–Trinajstić information content (AvgIpc) is 2.44. The van der Waals surface area contributed by atoms with Gasteiger partial charge in [-0.15, -0.1) is 0 Å². The molecule has 1 aromatic heterocycles. The van der Waals surface area contributed by atoms with E-state index < -0.39 is 0 Å². The van der Waals surface area contributed by atoms with Crippen LogP contribution in [-0.2, 0) is 11.3 Å². The van der Waals surface area contributed by atoms with Crippen LogP contribution in [0.5, 0.6) is 0 Å². The Morgan fingerprint density at radius 2 is 1.90 bits per heavy atom. The van der Waals surface area contributed by atoms with Crippen molar-refractivity contribution in [3.05, 3.63) is 11.9 Å². The summed E-state index contributed by atoms with van der Waals surface area (Å²) in [6.07, 6.45) is 1.10. The molecule has 0 saturated heterocycles. The Morgan fingerprint density at radius 1 is 1.14 bits per heavy atom. The monoisotopic (exact) mass is 295 g/mol. The molecule has 0 atom stereocenters. The molecule has 21 heavy (non-hydrogen) atoms.